The minimum absolute atomic E-state index is 0.108. The number of aromatic nitrogens is 2. The van der Waals surface area contributed by atoms with Gasteiger partial charge in [0.25, 0.3) is 0 Å². The zero-order valence-electron chi connectivity index (χ0n) is 18.1. The van der Waals surface area contributed by atoms with Crippen LogP contribution in [0.4, 0.5) is 23.1 Å². The predicted molar refractivity (Wildman–Crippen MR) is 127 cm³/mol. The normalized spacial score (nSPS) is 15.5. The van der Waals surface area contributed by atoms with Gasteiger partial charge in [-0.15, -0.1) is 0 Å². The Morgan fingerprint density at radius 3 is 2.94 bits per heavy atom. The van der Waals surface area contributed by atoms with E-state index >= 15 is 0 Å². The van der Waals surface area contributed by atoms with Crippen molar-refractivity contribution >= 4 is 40.0 Å². The smallest absolute Gasteiger partial charge is 0.229 e. The van der Waals surface area contributed by atoms with Gasteiger partial charge >= 0.3 is 0 Å². The zero-order valence-corrected chi connectivity index (χ0v) is 18.1. The molecule has 3 aromatic rings. The van der Waals surface area contributed by atoms with Crippen LogP contribution in [0, 0.1) is 11.3 Å². The summed E-state index contributed by atoms with van der Waals surface area (Å²) in [5.41, 5.74) is 8.36. The highest BCUT2D eigenvalue weighted by Crippen LogP contribution is 2.29. The van der Waals surface area contributed by atoms with Gasteiger partial charge in [0.15, 0.2) is 0 Å². The molecule has 8 heteroatoms. The SMILES string of the molecule is CCCCC(=O)N[C@H]1CCN(c2nc(Nc3cc(N)cc(C#N)c3)nc3ccccc23)C1. The summed E-state index contributed by atoms with van der Waals surface area (Å²) in [7, 11) is 0. The molecular formula is C24H27N7O. The van der Waals surface area contributed by atoms with Crippen LogP contribution < -0.4 is 21.3 Å². The van der Waals surface area contributed by atoms with E-state index in [1.54, 1.807) is 18.2 Å². The highest BCUT2D eigenvalue weighted by Gasteiger charge is 2.26. The van der Waals surface area contributed by atoms with Gasteiger partial charge in [0.2, 0.25) is 11.9 Å². The number of nitriles is 1. The van der Waals surface area contributed by atoms with Gasteiger partial charge in [-0.25, -0.2) is 4.98 Å². The molecule has 8 nitrogen and oxygen atoms in total. The van der Waals surface area contributed by atoms with Crippen molar-refractivity contribution < 1.29 is 4.79 Å². The average molecular weight is 430 g/mol. The first-order valence-electron chi connectivity index (χ1n) is 10.9. The Labute approximate surface area is 187 Å². The fourth-order valence-electron chi connectivity index (χ4n) is 3.98. The van der Waals surface area contributed by atoms with Gasteiger partial charge in [0.05, 0.1) is 17.1 Å². The maximum Gasteiger partial charge on any atom is 0.229 e. The number of anilines is 4. The van der Waals surface area contributed by atoms with Crippen LogP contribution in [0.15, 0.2) is 42.5 Å². The number of nitrogen functional groups attached to an aromatic ring is 1. The lowest BCUT2D eigenvalue weighted by molar-refractivity contribution is -0.121. The van der Waals surface area contributed by atoms with Crippen molar-refractivity contribution in [2.24, 2.45) is 0 Å². The van der Waals surface area contributed by atoms with Gasteiger partial charge < -0.3 is 21.3 Å². The number of para-hydroxylation sites is 1. The van der Waals surface area contributed by atoms with Crippen LogP contribution in [-0.2, 0) is 4.79 Å². The van der Waals surface area contributed by atoms with E-state index in [1.807, 2.05) is 24.3 Å². The van der Waals surface area contributed by atoms with Crippen molar-refractivity contribution in [3.8, 4) is 6.07 Å². The van der Waals surface area contributed by atoms with Crippen molar-refractivity contribution in [3.05, 3.63) is 48.0 Å². The Hall–Kier alpha value is -3.86. The van der Waals surface area contributed by atoms with Crippen LogP contribution in [0.3, 0.4) is 0 Å². The molecule has 0 saturated carbocycles. The summed E-state index contributed by atoms with van der Waals surface area (Å²) in [5, 5.41) is 16.5. The molecule has 2 aromatic carbocycles. The van der Waals surface area contributed by atoms with E-state index in [2.05, 4.69) is 33.5 Å². The number of rotatable bonds is 7. The first kappa shape index (κ1) is 21.4. The molecule has 0 radical (unpaired) electrons. The summed E-state index contributed by atoms with van der Waals surface area (Å²) in [4.78, 5) is 23.8. The largest absolute Gasteiger partial charge is 0.399 e. The van der Waals surface area contributed by atoms with E-state index in [-0.39, 0.29) is 11.9 Å². The number of benzene rings is 2. The summed E-state index contributed by atoms with van der Waals surface area (Å²) in [6, 6.07) is 15.2. The first-order valence-corrected chi connectivity index (χ1v) is 10.9. The number of nitrogens with one attached hydrogen (secondary N) is 2. The highest BCUT2D eigenvalue weighted by atomic mass is 16.1. The van der Waals surface area contributed by atoms with Gasteiger partial charge in [-0.1, -0.05) is 25.5 Å². The highest BCUT2D eigenvalue weighted by molar-refractivity contribution is 5.91. The molecular weight excluding hydrogens is 402 g/mol. The lowest BCUT2D eigenvalue weighted by Crippen LogP contribution is -2.37. The maximum atomic E-state index is 12.2. The Morgan fingerprint density at radius 2 is 2.12 bits per heavy atom. The molecule has 0 bridgehead atoms. The number of nitrogens with zero attached hydrogens (tertiary/aromatic N) is 4. The molecule has 1 amide bonds. The molecule has 4 rings (SSSR count). The van der Waals surface area contributed by atoms with Gasteiger partial charge in [-0.05, 0) is 43.2 Å². The summed E-state index contributed by atoms with van der Waals surface area (Å²) in [6.07, 6.45) is 3.36. The van der Waals surface area contributed by atoms with Gasteiger partial charge in [-0.2, -0.15) is 10.2 Å². The Morgan fingerprint density at radius 1 is 1.28 bits per heavy atom. The number of amides is 1. The topological polar surface area (TPSA) is 120 Å². The van der Waals surface area contributed by atoms with Crippen molar-refractivity contribution in [2.75, 3.05) is 29.0 Å². The summed E-state index contributed by atoms with van der Waals surface area (Å²) >= 11 is 0. The minimum Gasteiger partial charge on any atom is -0.399 e. The van der Waals surface area contributed by atoms with Gasteiger partial charge in [-0.3, -0.25) is 4.79 Å². The molecule has 0 spiro atoms. The number of fused-ring (bicyclic) bond motifs is 1. The van der Waals surface area contributed by atoms with Crippen LogP contribution in [-0.4, -0.2) is 35.0 Å². The molecule has 1 saturated heterocycles. The fourth-order valence-corrected chi connectivity index (χ4v) is 3.98. The molecule has 0 aliphatic carbocycles. The van der Waals surface area contributed by atoms with E-state index in [4.69, 9.17) is 10.7 Å². The summed E-state index contributed by atoms with van der Waals surface area (Å²) < 4.78 is 0. The third-order valence-corrected chi connectivity index (χ3v) is 5.53. The van der Waals surface area contributed by atoms with E-state index in [9.17, 15) is 10.1 Å². The molecule has 164 valence electrons. The molecule has 2 heterocycles. The van der Waals surface area contributed by atoms with Crippen LogP contribution >= 0.6 is 0 Å². The lowest BCUT2D eigenvalue weighted by atomic mass is 10.2. The van der Waals surface area contributed by atoms with E-state index in [0.717, 1.165) is 42.5 Å². The van der Waals surface area contributed by atoms with Gasteiger partial charge in [0.1, 0.15) is 5.82 Å². The van der Waals surface area contributed by atoms with Gasteiger partial charge in [0, 0.05) is 42.3 Å². The number of carbonyl (C=O) groups is 1. The lowest BCUT2D eigenvalue weighted by Gasteiger charge is -2.21. The van der Waals surface area contributed by atoms with Crippen molar-refractivity contribution in [1.29, 1.82) is 5.26 Å². The standard InChI is InChI=1S/C24H27N7O/c1-2-3-8-22(32)27-18-9-10-31(15-18)23-20-6-4-5-7-21(20)29-24(30-23)28-19-12-16(14-25)11-17(26)13-19/h4-7,11-13,18H,2-3,8-10,15,26H2,1H3,(H,27,32)(H,28,29,30)/t18-/m0/s1. The quantitative estimate of drug-likeness (QED) is 0.490. The number of nitrogens with two attached hydrogens (primary N) is 1. The molecule has 1 aliphatic heterocycles. The van der Waals surface area contributed by atoms with Crippen molar-refractivity contribution in [3.63, 3.8) is 0 Å². The number of unbranched alkanes of at least 4 members (excludes halogenated alkanes) is 1. The van der Waals surface area contributed by atoms with E-state index < -0.39 is 0 Å². The monoisotopic (exact) mass is 429 g/mol. The van der Waals surface area contributed by atoms with E-state index in [1.165, 1.54) is 0 Å². The minimum atomic E-state index is 0.108. The Balaban J connectivity index is 1.59. The number of carbonyl (C=O) groups excluding carboxylic acids is 1. The second-order valence-corrected chi connectivity index (χ2v) is 8.07. The van der Waals surface area contributed by atoms with Crippen LogP contribution in [0.25, 0.3) is 10.9 Å². The molecule has 32 heavy (non-hydrogen) atoms. The molecule has 1 fully saturated rings. The number of hydrogen-bond acceptors (Lipinski definition) is 7. The summed E-state index contributed by atoms with van der Waals surface area (Å²) in [6.45, 7) is 3.59. The fraction of sp³-hybridized carbons (Fsp3) is 0.333. The second-order valence-electron chi connectivity index (χ2n) is 8.07. The zero-order chi connectivity index (χ0) is 22.5. The van der Waals surface area contributed by atoms with E-state index in [0.29, 0.717) is 35.9 Å². The average Bonchev–Trinajstić information content (AvgIpc) is 3.24. The van der Waals surface area contributed by atoms with Crippen molar-refractivity contribution in [2.45, 2.75) is 38.6 Å². The molecule has 0 unspecified atom stereocenters. The molecule has 4 N–H and O–H groups in total. The van der Waals surface area contributed by atoms with Crippen LogP contribution in [0.5, 0.6) is 0 Å². The maximum absolute atomic E-state index is 12.2. The second kappa shape index (κ2) is 9.52. The predicted octanol–water partition coefficient (Wildman–Crippen LogP) is 3.71. The Kier molecular flexibility index (Phi) is 6.36. The third-order valence-electron chi connectivity index (χ3n) is 5.53. The molecule has 1 aliphatic rings. The Bertz CT molecular complexity index is 1170. The van der Waals surface area contributed by atoms with Crippen molar-refractivity contribution in [1.82, 2.24) is 15.3 Å². The molecule has 1 atom stereocenters. The first-order chi connectivity index (χ1) is 15.6. The van der Waals surface area contributed by atoms with Crippen LogP contribution in [0.1, 0.15) is 38.2 Å². The number of hydrogen-bond donors (Lipinski definition) is 3. The third kappa shape index (κ3) is 4.89. The van der Waals surface area contributed by atoms with Crippen LogP contribution in [0.2, 0.25) is 0 Å². The molecule has 1 aromatic heterocycles. The summed E-state index contributed by atoms with van der Waals surface area (Å²) in [5.74, 6) is 1.38.